The summed E-state index contributed by atoms with van der Waals surface area (Å²) in [6, 6.07) is 6.91. The van der Waals surface area contributed by atoms with Crippen molar-refractivity contribution < 1.29 is 14.7 Å². The average Bonchev–Trinajstić information content (AvgIpc) is 2.44. The number of para-hydroxylation sites is 1. The third-order valence-corrected chi connectivity index (χ3v) is 3.40. The van der Waals surface area contributed by atoms with E-state index in [0.29, 0.717) is 17.7 Å². The Hall–Kier alpha value is -1.88. The first-order valence-corrected chi connectivity index (χ1v) is 7.12. The molecule has 5 nitrogen and oxygen atoms in total. The van der Waals surface area contributed by atoms with Crippen molar-refractivity contribution in [3.05, 3.63) is 29.8 Å². The zero-order chi connectivity index (χ0) is 16.0. The van der Waals surface area contributed by atoms with Crippen LogP contribution in [0.3, 0.4) is 0 Å². The van der Waals surface area contributed by atoms with Crippen molar-refractivity contribution in [3.63, 3.8) is 0 Å². The van der Waals surface area contributed by atoms with Crippen LogP contribution in [0.4, 0.5) is 5.69 Å². The Morgan fingerprint density at radius 3 is 2.52 bits per heavy atom. The quantitative estimate of drug-likeness (QED) is 0.842. The second-order valence-electron chi connectivity index (χ2n) is 5.52. The Kier molecular flexibility index (Phi) is 5.90. The van der Waals surface area contributed by atoms with Gasteiger partial charge in [-0.15, -0.1) is 0 Å². The smallest absolute Gasteiger partial charge is 0.253 e. The number of rotatable bonds is 6. The highest BCUT2D eigenvalue weighted by Crippen LogP contribution is 2.19. The number of carbonyl (C=O) groups excluding carboxylic acids is 2. The highest BCUT2D eigenvalue weighted by Gasteiger charge is 2.22. The van der Waals surface area contributed by atoms with Gasteiger partial charge in [-0.2, -0.15) is 0 Å². The number of nitrogens with zero attached hydrogens (tertiary/aromatic N) is 1. The van der Waals surface area contributed by atoms with Crippen molar-refractivity contribution in [1.82, 2.24) is 5.32 Å². The lowest BCUT2D eigenvalue weighted by Crippen LogP contribution is -2.41. The lowest BCUT2D eigenvalue weighted by Gasteiger charge is -2.24. The third-order valence-electron chi connectivity index (χ3n) is 3.40. The molecule has 0 radical (unpaired) electrons. The standard InChI is InChI=1S/C16H24N2O3/c1-5-10-16(3,21)11-17-15(20)13-8-6-7-9-14(13)18(4)12(2)19/h6-9,21H,5,10-11H2,1-4H3,(H,17,20). The molecule has 2 N–H and O–H groups in total. The minimum Gasteiger partial charge on any atom is -0.388 e. The van der Waals surface area contributed by atoms with Gasteiger partial charge < -0.3 is 15.3 Å². The Morgan fingerprint density at radius 1 is 1.33 bits per heavy atom. The molecule has 1 aromatic carbocycles. The van der Waals surface area contributed by atoms with Crippen LogP contribution >= 0.6 is 0 Å². The number of hydrogen-bond acceptors (Lipinski definition) is 3. The Labute approximate surface area is 126 Å². The molecule has 116 valence electrons. The van der Waals surface area contributed by atoms with Crippen LogP contribution in [0.25, 0.3) is 0 Å². The maximum Gasteiger partial charge on any atom is 0.253 e. The van der Waals surface area contributed by atoms with E-state index in [1.165, 1.54) is 11.8 Å². The van der Waals surface area contributed by atoms with Crippen molar-refractivity contribution in [2.45, 2.75) is 39.2 Å². The molecule has 0 saturated heterocycles. The van der Waals surface area contributed by atoms with Crippen molar-refractivity contribution in [1.29, 1.82) is 0 Å². The van der Waals surface area contributed by atoms with E-state index in [0.717, 1.165) is 6.42 Å². The van der Waals surface area contributed by atoms with Gasteiger partial charge in [0.25, 0.3) is 5.91 Å². The van der Waals surface area contributed by atoms with Crippen LogP contribution < -0.4 is 10.2 Å². The topological polar surface area (TPSA) is 69.6 Å². The fourth-order valence-corrected chi connectivity index (χ4v) is 2.12. The van der Waals surface area contributed by atoms with E-state index in [1.807, 2.05) is 6.92 Å². The summed E-state index contributed by atoms with van der Waals surface area (Å²) in [5, 5.41) is 12.8. The minimum absolute atomic E-state index is 0.145. The van der Waals surface area contributed by atoms with Gasteiger partial charge in [0.15, 0.2) is 0 Å². The molecule has 0 heterocycles. The molecule has 1 unspecified atom stereocenters. The second kappa shape index (κ2) is 7.22. The first-order valence-electron chi connectivity index (χ1n) is 7.12. The Morgan fingerprint density at radius 2 is 1.95 bits per heavy atom. The average molecular weight is 292 g/mol. The van der Waals surface area contributed by atoms with E-state index < -0.39 is 5.60 Å². The van der Waals surface area contributed by atoms with Gasteiger partial charge in [0.2, 0.25) is 5.91 Å². The summed E-state index contributed by atoms with van der Waals surface area (Å²) in [5.41, 5.74) is 0.0476. The predicted molar refractivity (Wildman–Crippen MR) is 83.4 cm³/mol. The van der Waals surface area contributed by atoms with E-state index in [-0.39, 0.29) is 18.4 Å². The number of anilines is 1. The fourth-order valence-electron chi connectivity index (χ4n) is 2.12. The molecule has 21 heavy (non-hydrogen) atoms. The summed E-state index contributed by atoms with van der Waals surface area (Å²) in [6.07, 6.45) is 1.45. The minimum atomic E-state index is -0.925. The van der Waals surface area contributed by atoms with Crippen LogP contribution in [-0.4, -0.2) is 36.1 Å². The summed E-state index contributed by atoms with van der Waals surface area (Å²) in [7, 11) is 1.63. The highest BCUT2D eigenvalue weighted by molar-refractivity contribution is 6.04. The molecule has 0 aromatic heterocycles. The molecule has 0 aliphatic rings. The molecule has 0 saturated carbocycles. The molecule has 0 bridgehead atoms. The zero-order valence-corrected chi connectivity index (χ0v) is 13.1. The van der Waals surface area contributed by atoms with Crippen molar-refractivity contribution in [3.8, 4) is 0 Å². The molecule has 0 fully saturated rings. The van der Waals surface area contributed by atoms with Crippen molar-refractivity contribution in [2.75, 3.05) is 18.5 Å². The number of aliphatic hydroxyl groups is 1. The summed E-state index contributed by atoms with van der Waals surface area (Å²) in [5.74, 6) is -0.441. The van der Waals surface area contributed by atoms with E-state index in [1.54, 1.807) is 38.2 Å². The second-order valence-corrected chi connectivity index (χ2v) is 5.52. The maximum absolute atomic E-state index is 12.3. The number of amides is 2. The highest BCUT2D eigenvalue weighted by atomic mass is 16.3. The maximum atomic E-state index is 12.3. The molecule has 5 heteroatoms. The van der Waals surface area contributed by atoms with Crippen molar-refractivity contribution in [2.24, 2.45) is 0 Å². The van der Waals surface area contributed by atoms with Gasteiger partial charge >= 0.3 is 0 Å². The number of benzene rings is 1. The normalized spacial score (nSPS) is 13.4. The van der Waals surface area contributed by atoms with Gasteiger partial charge in [0.1, 0.15) is 0 Å². The summed E-state index contributed by atoms with van der Waals surface area (Å²) in [4.78, 5) is 25.2. The van der Waals surface area contributed by atoms with E-state index in [4.69, 9.17) is 0 Å². The van der Waals surface area contributed by atoms with Crippen LogP contribution in [0.1, 0.15) is 44.0 Å². The lowest BCUT2D eigenvalue weighted by molar-refractivity contribution is -0.116. The van der Waals surface area contributed by atoms with E-state index in [9.17, 15) is 14.7 Å². The van der Waals surface area contributed by atoms with Crippen LogP contribution in [0.2, 0.25) is 0 Å². The molecule has 1 atom stereocenters. The summed E-state index contributed by atoms with van der Waals surface area (Å²) in [6.45, 7) is 5.30. The van der Waals surface area contributed by atoms with Gasteiger partial charge in [-0.1, -0.05) is 25.5 Å². The first kappa shape index (κ1) is 17.2. The molecule has 0 aliphatic carbocycles. The fraction of sp³-hybridized carbons (Fsp3) is 0.500. The van der Waals surface area contributed by atoms with E-state index >= 15 is 0 Å². The van der Waals surface area contributed by atoms with Gasteiger partial charge in [0, 0.05) is 20.5 Å². The van der Waals surface area contributed by atoms with E-state index in [2.05, 4.69) is 5.32 Å². The molecule has 2 amide bonds. The molecular weight excluding hydrogens is 268 g/mol. The largest absolute Gasteiger partial charge is 0.388 e. The molecule has 1 rings (SSSR count). The lowest BCUT2D eigenvalue weighted by atomic mass is 10.0. The molecule has 0 spiro atoms. The summed E-state index contributed by atoms with van der Waals surface area (Å²) < 4.78 is 0. The zero-order valence-electron chi connectivity index (χ0n) is 13.1. The van der Waals surface area contributed by atoms with Crippen LogP contribution in [0.5, 0.6) is 0 Å². The van der Waals surface area contributed by atoms with Crippen LogP contribution in [-0.2, 0) is 4.79 Å². The number of hydrogen-bond donors (Lipinski definition) is 2. The third kappa shape index (κ3) is 4.86. The predicted octanol–water partition coefficient (Wildman–Crippen LogP) is 1.95. The van der Waals surface area contributed by atoms with Crippen LogP contribution in [0.15, 0.2) is 24.3 Å². The van der Waals surface area contributed by atoms with Crippen LogP contribution in [0, 0.1) is 0 Å². The Bertz CT molecular complexity index is 512. The molecule has 1 aromatic rings. The Balaban J connectivity index is 2.86. The SMILES string of the molecule is CCCC(C)(O)CNC(=O)c1ccccc1N(C)C(C)=O. The monoisotopic (exact) mass is 292 g/mol. The van der Waals surface area contributed by atoms with Crippen molar-refractivity contribution >= 4 is 17.5 Å². The van der Waals surface area contributed by atoms with Gasteiger partial charge in [-0.05, 0) is 25.5 Å². The van der Waals surface area contributed by atoms with Gasteiger partial charge in [0.05, 0.1) is 16.9 Å². The summed E-state index contributed by atoms with van der Waals surface area (Å²) >= 11 is 0. The molecule has 0 aliphatic heterocycles. The first-order chi connectivity index (χ1) is 9.78. The molecular formula is C16H24N2O3. The number of nitrogens with one attached hydrogen (secondary N) is 1. The number of carbonyl (C=O) groups is 2. The van der Waals surface area contributed by atoms with Gasteiger partial charge in [-0.3, -0.25) is 9.59 Å². The van der Waals surface area contributed by atoms with Gasteiger partial charge in [-0.25, -0.2) is 0 Å².